The number of carbonyl (C=O) groups is 1. The van der Waals surface area contributed by atoms with Crippen molar-refractivity contribution in [1.82, 2.24) is 10.6 Å². The number of nitro groups is 1. The van der Waals surface area contributed by atoms with Crippen molar-refractivity contribution in [3.05, 3.63) is 38.9 Å². The Morgan fingerprint density at radius 1 is 1.50 bits per heavy atom. The molecule has 2 N–H and O–H groups in total. The Bertz CT molecular complexity index is 486. The number of nitrogens with one attached hydrogen (secondary N) is 2. The van der Waals surface area contributed by atoms with Crippen molar-refractivity contribution in [1.29, 1.82) is 0 Å². The van der Waals surface area contributed by atoms with Gasteiger partial charge in [-0.25, -0.2) is 0 Å². The second-order valence-electron chi connectivity index (χ2n) is 4.12. The molecular weight excluding hydrogens is 258 g/mol. The summed E-state index contributed by atoms with van der Waals surface area (Å²) in [4.78, 5) is 22.0. The first-order valence-corrected chi connectivity index (χ1v) is 5.90. The molecule has 0 aliphatic carbocycles. The topological polar surface area (TPSA) is 84.3 Å². The van der Waals surface area contributed by atoms with Crippen LogP contribution in [-0.4, -0.2) is 30.0 Å². The summed E-state index contributed by atoms with van der Waals surface area (Å²) in [5.41, 5.74) is 0.0262. The molecule has 1 atom stereocenters. The summed E-state index contributed by atoms with van der Waals surface area (Å²) in [7, 11) is 0. The third kappa shape index (κ3) is 2.96. The highest BCUT2D eigenvalue weighted by Gasteiger charge is 2.19. The summed E-state index contributed by atoms with van der Waals surface area (Å²) in [6, 6.07) is 3.93. The monoisotopic (exact) mass is 269 g/mol. The lowest BCUT2D eigenvalue weighted by molar-refractivity contribution is -0.384. The first-order valence-electron chi connectivity index (χ1n) is 5.53. The van der Waals surface area contributed by atoms with Gasteiger partial charge in [0, 0.05) is 35.3 Å². The number of halogens is 1. The van der Waals surface area contributed by atoms with Crippen LogP contribution in [0, 0.1) is 10.1 Å². The average Bonchev–Trinajstić information content (AvgIpc) is 2.80. The van der Waals surface area contributed by atoms with Gasteiger partial charge in [0.2, 0.25) is 0 Å². The Morgan fingerprint density at radius 2 is 2.28 bits per heavy atom. The van der Waals surface area contributed by atoms with Gasteiger partial charge in [0.15, 0.2) is 0 Å². The van der Waals surface area contributed by atoms with Gasteiger partial charge in [-0.05, 0) is 19.0 Å². The minimum absolute atomic E-state index is 0.0653. The van der Waals surface area contributed by atoms with Crippen molar-refractivity contribution in [2.24, 2.45) is 0 Å². The summed E-state index contributed by atoms with van der Waals surface area (Å²) < 4.78 is 0. The van der Waals surface area contributed by atoms with Gasteiger partial charge in [0.1, 0.15) is 0 Å². The normalized spacial score (nSPS) is 18.6. The smallest absolute Gasteiger partial charge is 0.271 e. The number of nitrogens with zero attached hydrogens (tertiary/aromatic N) is 1. The molecule has 1 unspecified atom stereocenters. The quantitative estimate of drug-likeness (QED) is 0.641. The van der Waals surface area contributed by atoms with E-state index in [1.54, 1.807) is 0 Å². The lowest BCUT2D eigenvalue weighted by Crippen LogP contribution is -2.36. The van der Waals surface area contributed by atoms with E-state index in [0.29, 0.717) is 6.54 Å². The van der Waals surface area contributed by atoms with Gasteiger partial charge in [-0.1, -0.05) is 11.6 Å². The summed E-state index contributed by atoms with van der Waals surface area (Å²) in [5, 5.41) is 16.8. The Balaban J connectivity index is 2.16. The molecule has 1 aliphatic heterocycles. The lowest BCUT2D eigenvalue weighted by Gasteiger charge is -2.11. The molecule has 1 aliphatic rings. The van der Waals surface area contributed by atoms with Crippen molar-refractivity contribution < 1.29 is 9.72 Å². The molecule has 0 aromatic heterocycles. The molecule has 0 spiro atoms. The molecule has 1 aromatic rings. The Kier molecular flexibility index (Phi) is 3.78. The van der Waals surface area contributed by atoms with Crippen molar-refractivity contribution >= 4 is 23.2 Å². The fraction of sp³-hybridized carbons (Fsp3) is 0.364. The molecule has 0 radical (unpaired) electrons. The van der Waals surface area contributed by atoms with Crippen LogP contribution in [0.25, 0.3) is 0 Å². The van der Waals surface area contributed by atoms with Crippen LogP contribution in [0.2, 0.25) is 5.02 Å². The fourth-order valence-electron chi connectivity index (χ4n) is 1.86. The van der Waals surface area contributed by atoms with E-state index >= 15 is 0 Å². The number of non-ortho nitro benzene ring substituents is 1. The lowest BCUT2D eigenvalue weighted by atomic mass is 10.1. The molecule has 1 amide bonds. The van der Waals surface area contributed by atoms with E-state index in [9.17, 15) is 14.9 Å². The molecule has 1 saturated heterocycles. The van der Waals surface area contributed by atoms with Crippen molar-refractivity contribution in [2.45, 2.75) is 12.5 Å². The van der Waals surface area contributed by atoms with E-state index in [4.69, 9.17) is 11.6 Å². The summed E-state index contributed by atoms with van der Waals surface area (Å²) in [5.74, 6) is -0.339. The zero-order valence-corrected chi connectivity index (χ0v) is 10.2. The highest BCUT2D eigenvalue weighted by atomic mass is 35.5. The second kappa shape index (κ2) is 5.32. The van der Waals surface area contributed by atoms with Gasteiger partial charge in [-0.15, -0.1) is 0 Å². The molecule has 0 saturated carbocycles. The Morgan fingerprint density at radius 3 is 2.89 bits per heavy atom. The zero-order chi connectivity index (χ0) is 13.1. The number of hydrogen-bond acceptors (Lipinski definition) is 4. The van der Waals surface area contributed by atoms with Crippen LogP contribution in [0.3, 0.4) is 0 Å². The van der Waals surface area contributed by atoms with Gasteiger partial charge in [-0.3, -0.25) is 14.9 Å². The van der Waals surface area contributed by atoms with Crippen LogP contribution in [0.1, 0.15) is 16.8 Å². The van der Waals surface area contributed by atoms with E-state index in [2.05, 4.69) is 10.6 Å². The third-order valence-corrected chi connectivity index (χ3v) is 2.97. The molecule has 7 heteroatoms. The molecule has 1 heterocycles. The molecule has 0 bridgehead atoms. The number of rotatable bonds is 3. The summed E-state index contributed by atoms with van der Waals surface area (Å²) in [6.07, 6.45) is 0.856. The Hall–Kier alpha value is -1.66. The Labute approximate surface area is 108 Å². The summed E-state index contributed by atoms with van der Waals surface area (Å²) in [6.45, 7) is 1.58. The molecule has 1 aromatic carbocycles. The minimum atomic E-state index is -0.570. The highest BCUT2D eigenvalue weighted by molar-refractivity contribution is 6.31. The maximum atomic E-state index is 11.9. The zero-order valence-electron chi connectivity index (χ0n) is 9.48. The predicted molar refractivity (Wildman–Crippen MR) is 66.8 cm³/mol. The predicted octanol–water partition coefficient (Wildman–Crippen LogP) is 1.34. The number of carbonyl (C=O) groups excluding carboxylic acids is 1. The van der Waals surface area contributed by atoms with Gasteiger partial charge in [-0.2, -0.15) is 0 Å². The molecule has 96 valence electrons. The highest BCUT2D eigenvalue weighted by Crippen LogP contribution is 2.21. The molecule has 2 rings (SSSR count). The van der Waals surface area contributed by atoms with Crippen LogP contribution in [0.4, 0.5) is 5.69 Å². The van der Waals surface area contributed by atoms with E-state index in [-0.39, 0.29) is 28.2 Å². The number of amides is 1. The molecular formula is C11H12ClN3O3. The first-order chi connectivity index (χ1) is 8.56. The standard InChI is InChI=1S/C11H12ClN3O3/c12-8-3-7(4-10(5-8)15(17)18)11(16)14-9-1-2-13-6-9/h3-5,9,13H,1-2,6H2,(H,14,16). The van der Waals surface area contributed by atoms with Crippen LogP contribution < -0.4 is 10.6 Å². The van der Waals surface area contributed by atoms with Crippen molar-refractivity contribution in [3.8, 4) is 0 Å². The fourth-order valence-corrected chi connectivity index (χ4v) is 2.09. The third-order valence-electron chi connectivity index (χ3n) is 2.75. The number of nitro benzene ring substituents is 1. The number of benzene rings is 1. The van der Waals surface area contributed by atoms with Gasteiger partial charge in [0.05, 0.1) is 4.92 Å². The average molecular weight is 270 g/mol. The van der Waals surface area contributed by atoms with Crippen LogP contribution >= 0.6 is 11.6 Å². The maximum Gasteiger partial charge on any atom is 0.271 e. The SMILES string of the molecule is O=C(NC1CCNC1)c1cc(Cl)cc([N+](=O)[O-])c1. The largest absolute Gasteiger partial charge is 0.348 e. The van der Waals surface area contributed by atoms with Gasteiger partial charge < -0.3 is 10.6 Å². The molecule has 18 heavy (non-hydrogen) atoms. The van der Waals surface area contributed by atoms with Crippen LogP contribution in [-0.2, 0) is 0 Å². The summed E-state index contributed by atoms with van der Waals surface area (Å²) >= 11 is 5.76. The van der Waals surface area contributed by atoms with E-state index in [1.807, 2.05) is 0 Å². The number of hydrogen-bond donors (Lipinski definition) is 2. The maximum absolute atomic E-state index is 11.9. The van der Waals surface area contributed by atoms with Gasteiger partial charge in [0.25, 0.3) is 11.6 Å². The van der Waals surface area contributed by atoms with Crippen LogP contribution in [0.15, 0.2) is 18.2 Å². The second-order valence-corrected chi connectivity index (χ2v) is 4.55. The van der Waals surface area contributed by atoms with Crippen molar-refractivity contribution in [2.75, 3.05) is 13.1 Å². The van der Waals surface area contributed by atoms with Crippen LogP contribution in [0.5, 0.6) is 0 Å². The first kappa shape index (κ1) is 12.8. The minimum Gasteiger partial charge on any atom is -0.348 e. The molecule has 1 fully saturated rings. The van der Waals surface area contributed by atoms with E-state index in [0.717, 1.165) is 13.0 Å². The van der Waals surface area contributed by atoms with E-state index < -0.39 is 4.92 Å². The van der Waals surface area contributed by atoms with Gasteiger partial charge >= 0.3 is 0 Å². The van der Waals surface area contributed by atoms with E-state index in [1.165, 1.54) is 18.2 Å². The van der Waals surface area contributed by atoms with Crippen molar-refractivity contribution in [3.63, 3.8) is 0 Å². The molecule has 6 nitrogen and oxygen atoms in total.